The number of carbonyl (C=O) groups excluding carboxylic acids is 1. The molecule has 0 radical (unpaired) electrons. The monoisotopic (exact) mass is 409 g/mol. The molecule has 0 bridgehead atoms. The molecule has 156 valence electrons. The minimum Gasteiger partial charge on any atom is -0.493 e. The van der Waals surface area contributed by atoms with Crippen molar-refractivity contribution < 1.29 is 14.3 Å². The molecule has 0 aliphatic heterocycles. The van der Waals surface area contributed by atoms with Crippen LogP contribution in [-0.4, -0.2) is 45.5 Å². The quantitative estimate of drug-likeness (QED) is 0.577. The molecule has 2 heterocycles. The third-order valence-corrected chi connectivity index (χ3v) is 4.78. The standard InChI is InChI=1S/C21H23N5O4/c1-29-17-6-2-3-7-18(17)30-14-19(27)23-11-12-25-21(28)26(16-8-9-16)20(24-25)15-5-4-10-22-13-15/h2-7,10,13,16H,8-9,11-12,14H2,1H3,(H,23,27). The number of hydrogen-bond donors (Lipinski definition) is 1. The molecule has 9 heteroatoms. The van der Waals surface area contributed by atoms with Crippen molar-refractivity contribution in [2.24, 2.45) is 0 Å². The lowest BCUT2D eigenvalue weighted by Crippen LogP contribution is -2.34. The number of carbonyl (C=O) groups is 1. The van der Waals surface area contributed by atoms with E-state index in [1.54, 1.807) is 42.3 Å². The van der Waals surface area contributed by atoms with Crippen LogP contribution in [0, 0.1) is 0 Å². The average Bonchev–Trinajstić information content (AvgIpc) is 3.56. The predicted octanol–water partition coefficient (Wildman–Crippen LogP) is 1.65. The minimum absolute atomic E-state index is 0.146. The first kappa shape index (κ1) is 19.7. The van der Waals surface area contributed by atoms with Crippen LogP contribution in [-0.2, 0) is 11.3 Å². The predicted molar refractivity (Wildman–Crippen MR) is 109 cm³/mol. The Morgan fingerprint density at radius 3 is 2.70 bits per heavy atom. The van der Waals surface area contributed by atoms with Crippen LogP contribution in [0.25, 0.3) is 11.4 Å². The molecule has 3 aromatic rings. The lowest BCUT2D eigenvalue weighted by Gasteiger charge is -2.10. The first-order valence-electron chi connectivity index (χ1n) is 9.79. The Hall–Kier alpha value is -3.62. The number of nitrogens with one attached hydrogen (secondary N) is 1. The molecule has 1 aromatic carbocycles. The van der Waals surface area contributed by atoms with Gasteiger partial charge in [-0.2, -0.15) is 0 Å². The summed E-state index contributed by atoms with van der Waals surface area (Å²) in [7, 11) is 1.54. The maximum atomic E-state index is 12.8. The number of benzene rings is 1. The number of amides is 1. The van der Waals surface area contributed by atoms with E-state index in [1.807, 2.05) is 18.2 Å². The van der Waals surface area contributed by atoms with Crippen LogP contribution in [0.1, 0.15) is 18.9 Å². The van der Waals surface area contributed by atoms with Gasteiger partial charge in [0.2, 0.25) is 0 Å². The summed E-state index contributed by atoms with van der Waals surface area (Å²) in [5.41, 5.74) is 0.630. The van der Waals surface area contributed by atoms with E-state index in [-0.39, 0.29) is 37.3 Å². The van der Waals surface area contributed by atoms with Gasteiger partial charge in [-0.25, -0.2) is 9.48 Å². The highest BCUT2D eigenvalue weighted by atomic mass is 16.5. The fourth-order valence-electron chi connectivity index (χ4n) is 3.15. The van der Waals surface area contributed by atoms with Gasteiger partial charge < -0.3 is 14.8 Å². The van der Waals surface area contributed by atoms with E-state index in [0.717, 1.165) is 18.4 Å². The van der Waals surface area contributed by atoms with Gasteiger partial charge in [0, 0.05) is 30.5 Å². The summed E-state index contributed by atoms with van der Waals surface area (Å²) in [5.74, 6) is 1.38. The third-order valence-electron chi connectivity index (χ3n) is 4.78. The van der Waals surface area contributed by atoms with Crippen molar-refractivity contribution in [1.29, 1.82) is 0 Å². The number of methoxy groups -OCH3 is 1. The summed E-state index contributed by atoms with van der Waals surface area (Å²) in [6, 6.07) is 11.0. The molecule has 0 atom stereocenters. The zero-order chi connectivity index (χ0) is 20.9. The molecule has 0 unspecified atom stereocenters. The maximum Gasteiger partial charge on any atom is 0.346 e. The fraction of sp³-hybridized carbons (Fsp3) is 0.333. The van der Waals surface area contributed by atoms with E-state index in [9.17, 15) is 9.59 Å². The summed E-state index contributed by atoms with van der Waals surface area (Å²) in [5, 5.41) is 7.24. The number of rotatable bonds is 9. The van der Waals surface area contributed by atoms with Gasteiger partial charge in [0.1, 0.15) is 0 Å². The lowest BCUT2D eigenvalue weighted by molar-refractivity contribution is -0.123. The first-order valence-corrected chi connectivity index (χ1v) is 9.79. The van der Waals surface area contributed by atoms with Gasteiger partial charge in [0.15, 0.2) is 23.9 Å². The first-order chi connectivity index (χ1) is 14.7. The van der Waals surface area contributed by atoms with Gasteiger partial charge in [0.05, 0.1) is 13.7 Å². The van der Waals surface area contributed by atoms with Crippen molar-refractivity contribution in [3.8, 4) is 22.9 Å². The number of ether oxygens (including phenoxy) is 2. The third kappa shape index (κ3) is 4.35. The Labute approximate surface area is 173 Å². The van der Waals surface area contributed by atoms with Crippen molar-refractivity contribution >= 4 is 5.91 Å². The molecule has 1 amide bonds. The van der Waals surface area contributed by atoms with Gasteiger partial charge in [-0.05, 0) is 37.1 Å². The fourth-order valence-corrected chi connectivity index (χ4v) is 3.15. The molecule has 1 aliphatic rings. The van der Waals surface area contributed by atoms with Crippen LogP contribution in [0.3, 0.4) is 0 Å². The van der Waals surface area contributed by atoms with E-state index < -0.39 is 0 Å². The molecular weight excluding hydrogens is 386 g/mol. The Bertz CT molecular complexity index is 1070. The van der Waals surface area contributed by atoms with Gasteiger partial charge in [-0.15, -0.1) is 5.10 Å². The van der Waals surface area contributed by atoms with Crippen LogP contribution in [0.15, 0.2) is 53.6 Å². The van der Waals surface area contributed by atoms with Gasteiger partial charge >= 0.3 is 5.69 Å². The molecular formula is C21H23N5O4. The highest BCUT2D eigenvalue weighted by Crippen LogP contribution is 2.36. The van der Waals surface area contributed by atoms with Crippen LogP contribution >= 0.6 is 0 Å². The Kier molecular flexibility index (Phi) is 5.78. The van der Waals surface area contributed by atoms with Crippen LogP contribution < -0.4 is 20.5 Å². The SMILES string of the molecule is COc1ccccc1OCC(=O)NCCn1nc(-c2cccnc2)n(C2CC2)c1=O. The molecule has 30 heavy (non-hydrogen) atoms. The van der Waals surface area contributed by atoms with Crippen LogP contribution in [0.4, 0.5) is 0 Å². The molecule has 1 N–H and O–H groups in total. The molecule has 0 saturated heterocycles. The van der Waals surface area contributed by atoms with Gasteiger partial charge in [0.25, 0.3) is 5.91 Å². The van der Waals surface area contributed by atoms with E-state index in [4.69, 9.17) is 9.47 Å². The number of pyridine rings is 1. The Morgan fingerprint density at radius 1 is 1.20 bits per heavy atom. The topological polar surface area (TPSA) is 100 Å². The van der Waals surface area contributed by atoms with Gasteiger partial charge in [-0.3, -0.25) is 14.3 Å². The summed E-state index contributed by atoms with van der Waals surface area (Å²) in [4.78, 5) is 29.0. The van der Waals surface area contributed by atoms with Crippen molar-refractivity contribution in [3.63, 3.8) is 0 Å². The highest BCUT2D eigenvalue weighted by molar-refractivity contribution is 5.77. The van der Waals surface area contributed by atoms with E-state index in [1.165, 1.54) is 4.68 Å². The number of para-hydroxylation sites is 2. The van der Waals surface area contributed by atoms with Crippen LogP contribution in [0.5, 0.6) is 11.5 Å². The van der Waals surface area contributed by atoms with Gasteiger partial charge in [-0.1, -0.05) is 12.1 Å². The summed E-state index contributed by atoms with van der Waals surface area (Å²) in [6.07, 6.45) is 5.32. The molecule has 2 aromatic heterocycles. The summed E-state index contributed by atoms with van der Waals surface area (Å²) >= 11 is 0. The second-order valence-corrected chi connectivity index (χ2v) is 6.96. The number of nitrogens with zero attached hydrogens (tertiary/aromatic N) is 4. The lowest BCUT2D eigenvalue weighted by atomic mass is 10.3. The zero-order valence-corrected chi connectivity index (χ0v) is 16.7. The van der Waals surface area contributed by atoms with Crippen molar-refractivity contribution in [3.05, 3.63) is 59.3 Å². The zero-order valence-electron chi connectivity index (χ0n) is 16.7. The Balaban J connectivity index is 1.36. The second-order valence-electron chi connectivity index (χ2n) is 6.96. The number of aromatic nitrogens is 4. The molecule has 1 saturated carbocycles. The molecule has 0 spiro atoms. The minimum atomic E-state index is -0.289. The highest BCUT2D eigenvalue weighted by Gasteiger charge is 2.30. The van der Waals surface area contributed by atoms with Crippen LogP contribution in [0.2, 0.25) is 0 Å². The van der Waals surface area contributed by atoms with E-state index >= 15 is 0 Å². The summed E-state index contributed by atoms with van der Waals surface area (Å²) < 4.78 is 13.8. The van der Waals surface area contributed by atoms with Crippen molar-refractivity contribution in [1.82, 2.24) is 24.6 Å². The average molecular weight is 409 g/mol. The van der Waals surface area contributed by atoms with Crippen molar-refractivity contribution in [2.75, 3.05) is 20.3 Å². The molecule has 4 rings (SSSR count). The second kappa shape index (κ2) is 8.81. The maximum absolute atomic E-state index is 12.8. The smallest absolute Gasteiger partial charge is 0.346 e. The largest absolute Gasteiger partial charge is 0.493 e. The molecule has 1 fully saturated rings. The normalized spacial score (nSPS) is 13.1. The Morgan fingerprint density at radius 2 is 2.00 bits per heavy atom. The molecule has 9 nitrogen and oxygen atoms in total. The molecule has 1 aliphatic carbocycles. The van der Waals surface area contributed by atoms with E-state index in [0.29, 0.717) is 17.3 Å². The van der Waals surface area contributed by atoms with E-state index in [2.05, 4.69) is 15.4 Å². The number of hydrogen-bond acceptors (Lipinski definition) is 6. The van der Waals surface area contributed by atoms with Crippen molar-refractivity contribution in [2.45, 2.75) is 25.4 Å². The summed E-state index contributed by atoms with van der Waals surface area (Å²) in [6.45, 7) is 0.390.